The van der Waals surface area contributed by atoms with Gasteiger partial charge in [-0.05, 0) is 92.6 Å². The first-order valence-corrected chi connectivity index (χ1v) is 10.3. The zero-order valence-corrected chi connectivity index (χ0v) is 17.8. The summed E-state index contributed by atoms with van der Waals surface area (Å²) in [6.07, 6.45) is 1.95. The Bertz CT molecular complexity index is 1140. The Balaban J connectivity index is 1.64. The number of hydrogen-bond acceptors (Lipinski definition) is 3. The lowest BCUT2D eigenvalue weighted by molar-refractivity contribution is -0.115. The van der Waals surface area contributed by atoms with Gasteiger partial charge in [0.15, 0.2) is 5.17 Å². The Morgan fingerprint density at radius 1 is 0.966 bits per heavy atom. The number of rotatable bonds is 3. The fourth-order valence-corrected chi connectivity index (χ4v) is 4.50. The van der Waals surface area contributed by atoms with Crippen molar-refractivity contribution < 1.29 is 4.79 Å². The van der Waals surface area contributed by atoms with Gasteiger partial charge in [0.1, 0.15) is 0 Å². The van der Waals surface area contributed by atoms with Gasteiger partial charge in [-0.1, -0.05) is 24.3 Å². The maximum absolute atomic E-state index is 12.5. The molecule has 0 saturated carbocycles. The van der Waals surface area contributed by atoms with Crippen LogP contribution in [0.5, 0.6) is 0 Å². The smallest absolute Gasteiger partial charge is 0.264 e. The van der Waals surface area contributed by atoms with Gasteiger partial charge in [-0.15, -0.1) is 0 Å². The van der Waals surface area contributed by atoms with Crippen LogP contribution >= 0.6 is 11.8 Å². The summed E-state index contributed by atoms with van der Waals surface area (Å²) in [4.78, 5) is 17.8. The van der Waals surface area contributed by atoms with Crippen molar-refractivity contribution in [2.24, 2.45) is 4.99 Å². The Hall–Kier alpha value is -3.05. The third kappa shape index (κ3) is 4.05. The molecule has 4 rings (SSSR count). The maximum Gasteiger partial charge on any atom is 0.264 e. The molecule has 2 heterocycles. The number of nitrogens with zero attached hydrogens (tertiary/aromatic N) is 2. The number of nitrogens with one attached hydrogen (secondary N) is 1. The summed E-state index contributed by atoms with van der Waals surface area (Å²) in [5, 5.41) is 3.50. The number of amides is 1. The monoisotopic (exact) mass is 401 g/mol. The predicted octanol–water partition coefficient (Wildman–Crippen LogP) is 5.60. The normalized spacial score (nSPS) is 16.6. The number of benzene rings is 2. The van der Waals surface area contributed by atoms with E-state index in [0.717, 1.165) is 39.5 Å². The van der Waals surface area contributed by atoms with Crippen molar-refractivity contribution in [2.45, 2.75) is 27.7 Å². The van der Waals surface area contributed by atoms with E-state index in [9.17, 15) is 4.79 Å². The molecular formula is C24H23N3OS. The Kier molecular flexibility index (Phi) is 5.16. The van der Waals surface area contributed by atoms with Gasteiger partial charge in [-0.25, -0.2) is 4.99 Å². The zero-order chi connectivity index (χ0) is 20.5. The van der Waals surface area contributed by atoms with E-state index < -0.39 is 0 Å². The van der Waals surface area contributed by atoms with Gasteiger partial charge in [0, 0.05) is 17.1 Å². The van der Waals surface area contributed by atoms with Crippen molar-refractivity contribution in [1.29, 1.82) is 0 Å². The third-order valence-electron chi connectivity index (χ3n) is 4.86. The molecule has 4 nitrogen and oxygen atoms in total. The van der Waals surface area contributed by atoms with Crippen LogP contribution in [0, 0.1) is 27.7 Å². The number of para-hydroxylation sites is 1. The number of carbonyl (C=O) groups excluding carboxylic acids is 1. The number of aryl methyl sites for hydroxylation is 3. The summed E-state index contributed by atoms with van der Waals surface area (Å²) >= 11 is 1.38. The molecule has 146 valence electrons. The molecule has 3 aromatic rings. The Morgan fingerprint density at radius 3 is 2.34 bits per heavy atom. The summed E-state index contributed by atoms with van der Waals surface area (Å²) in [6, 6.07) is 18.5. The second-order valence-electron chi connectivity index (χ2n) is 7.33. The highest BCUT2D eigenvalue weighted by Crippen LogP contribution is 2.31. The molecule has 2 aromatic carbocycles. The molecule has 0 radical (unpaired) electrons. The van der Waals surface area contributed by atoms with E-state index in [0.29, 0.717) is 10.1 Å². The molecule has 1 amide bonds. The molecule has 1 aliphatic heterocycles. The minimum absolute atomic E-state index is 0.109. The van der Waals surface area contributed by atoms with Crippen LogP contribution in [0.3, 0.4) is 0 Å². The van der Waals surface area contributed by atoms with Crippen LogP contribution in [0.4, 0.5) is 5.69 Å². The summed E-state index contributed by atoms with van der Waals surface area (Å²) < 4.78 is 2.20. The van der Waals surface area contributed by atoms with Crippen molar-refractivity contribution >= 4 is 34.6 Å². The van der Waals surface area contributed by atoms with Gasteiger partial charge in [0.05, 0.1) is 10.6 Å². The van der Waals surface area contributed by atoms with Crippen LogP contribution in [0.25, 0.3) is 11.8 Å². The molecule has 1 N–H and O–H groups in total. The highest BCUT2D eigenvalue weighted by Gasteiger charge is 2.24. The largest absolute Gasteiger partial charge is 0.318 e. The molecule has 0 spiro atoms. The summed E-state index contributed by atoms with van der Waals surface area (Å²) in [5.74, 6) is -0.109. The first kappa shape index (κ1) is 19.3. The highest BCUT2D eigenvalue weighted by atomic mass is 32.2. The Morgan fingerprint density at radius 2 is 1.66 bits per heavy atom. The van der Waals surface area contributed by atoms with Gasteiger partial charge in [0.2, 0.25) is 0 Å². The number of hydrogen-bond donors (Lipinski definition) is 1. The standard InChI is InChI=1S/C24H23N3OS/c1-15-10-16(2)12-20(11-15)25-24-26-23(28)22(29-24)14-19-13-17(3)27(18(19)4)21-8-6-5-7-9-21/h5-14H,1-4H3,(H,25,26,28)/b22-14+. The molecule has 0 atom stereocenters. The quantitative estimate of drug-likeness (QED) is 0.581. The third-order valence-corrected chi connectivity index (χ3v) is 5.77. The molecule has 5 heteroatoms. The van der Waals surface area contributed by atoms with Crippen LogP contribution in [0.1, 0.15) is 28.1 Å². The van der Waals surface area contributed by atoms with Gasteiger partial charge < -0.3 is 9.88 Å². The van der Waals surface area contributed by atoms with Crippen LogP contribution in [-0.2, 0) is 4.79 Å². The molecule has 29 heavy (non-hydrogen) atoms. The fourth-order valence-electron chi connectivity index (χ4n) is 3.66. The fraction of sp³-hybridized carbons (Fsp3) is 0.167. The van der Waals surface area contributed by atoms with E-state index in [4.69, 9.17) is 0 Å². The van der Waals surface area contributed by atoms with E-state index in [-0.39, 0.29) is 5.91 Å². The average molecular weight is 402 g/mol. The summed E-state index contributed by atoms with van der Waals surface area (Å²) in [7, 11) is 0. The molecule has 0 bridgehead atoms. The van der Waals surface area contributed by atoms with Crippen LogP contribution < -0.4 is 5.32 Å². The van der Waals surface area contributed by atoms with Crippen LogP contribution in [-0.4, -0.2) is 15.6 Å². The number of thioether (sulfide) groups is 1. The highest BCUT2D eigenvalue weighted by molar-refractivity contribution is 8.18. The van der Waals surface area contributed by atoms with E-state index >= 15 is 0 Å². The lowest BCUT2D eigenvalue weighted by Gasteiger charge is -2.09. The molecule has 1 aromatic heterocycles. The predicted molar refractivity (Wildman–Crippen MR) is 122 cm³/mol. The van der Waals surface area contributed by atoms with Crippen molar-refractivity contribution in [2.75, 3.05) is 0 Å². The maximum atomic E-state index is 12.5. The topological polar surface area (TPSA) is 46.4 Å². The molecule has 0 unspecified atom stereocenters. The minimum Gasteiger partial charge on any atom is -0.318 e. The van der Waals surface area contributed by atoms with E-state index in [1.54, 1.807) is 0 Å². The first-order valence-electron chi connectivity index (χ1n) is 9.53. The van der Waals surface area contributed by atoms with Crippen molar-refractivity contribution in [3.8, 4) is 5.69 Å². The SMILES string of the molecule is Cc1cc(C)cc(N=C2NC(=O)/C(=C\c3cc(C)n(-c4ccccc4)c3C)S2)c1. The molecule has 0 aliphatic carbocycles. The summed E-state index contributed by atoms with van der Waals surface area (Å²) in [6.45, 7) is 8.25. The second-order valence-corrected chi connectivity index (χ2v) is 8.36. The molecule has 1 saturated heterocycles. The van der Waals surface area contributed by atoms with Crippen molar-refractivity contribution in [1.82, 2.24) is 9.88 Å². The minimum atomic E-state index is -0.109. The average Bonchev–Trinajstić information content (AvgIpc) is 3.13. The van der Waals surface area contributed by atoms with Crippen LogP contribution in [0.2, 0.25) is 0 Å². The molecular weight excluding hydrogens is 378 g/mol. The van der Waals surface area contributed by atoms with Crippen molar-refractivity contribution in [3.63, 3.8) is 0 Å². The van der Waals surface area contributed by atoms with E-state index in [1.165, 1.54) is 11.8 Å². The number of carbonyl (C=O) groups is 1. The lowest BCUT2D eigenvalue weighted by Crippen LogP contribution is -2.19. The van der Waals surface area contributed by atoms with E-state index in [1.807, 2.05) is 50.3 Å². The first-order chi connectivity index (χ1) is 13.9. The molecule has 1 fully saturated rings. The zero-order valence-electron chi connectivity index (χ0n) is 17.0. The van der Waals surface area contributed by atoms with Gasteiger partial charge >= 0.3 is 0 Å². The van der Waals surface area contributed by atoms with Crippen molar-refractivity contribution in [3.05, 3.63) is 87.6 Å². The second kappa shape index (κ2) is 7.76. The van der Waals surface area contributed by atoms with Crippen LogP contribution in [0.15, 0.2) is 64.5 Å². The molecule has 1 aliphatic rings. The van der Waals surface area contributed by atoms with E-state index in [2.05, 4.69) is 53.0 Å². The Labute approximate surface area is 175 Å². The van der Waals surface area contributed by atoms with Gasteiger partial charge in [0.25, 0.3) is 5.91 Å². The summed E-state index contributed by atoms with van der Waals surface area (Å²) in [5.41, 5.74) is 7.56. The number of aliphatic imine (C=N–C) groups is 1. The van der Waals surface area contributed by atoms with Gasteiger partial charge in [-0.2, -0.15) is 0 Å². The lowest BCUT2D eigenvalue weighted by atomic mass is 10.1. The number of aromatic nitrogens is 1. The van der Waals surface area contributed by atoms with Gasteiger partial charge in [-0.3, -0.25) is 4.79 Å². The number of amidine groups is 1.